The Hall–Kier alpha value is -4.59. The number of hydrogen-bond acceptors (Lipinski definition) is 7. The quantitative estimate of drug-likeness (QED) is 0.363. The molecular weight excluding hydrogens is 440 g/mol. The number of benzene rings is 3. The number of ether oxygens (including phenoxy) is 1. The van der Waals surface area contributed by atoms with Gasteiger partial charge in [0, 0.05) is 11.5 Å². The van der Waals surface area contributed by atoms with Gasteiger partial charge in [0.1, 0.15) is 23.3 Å². The molecule has 8 heteroatoms. The Labute approximate surface area is 193 Å². The molecule has 0 aliphatic rings. The smallest absolute Gasteiger partial charge is 0.335 e. The Morgan fingerprint density at radius 3 is 2.26 bits per heavy atom. The lowest BCUT2D eigenvalue weighted by Gasteiger charge is -2.19. The Morgan fingerprint density at radius 1 is 0.971 bits per heavy atom. The van der Waals surface area contributed by atoms with E-state index in [0.717, 1.165) is 0 Å². The third-order valence-corrected chi connectivity index (χ3v) is 5.64. The maximum Gasteiger partial charge on any atom is 0.335 e. The number of phenols is 2. The molecule has 1 aromatic heterocycles. The average molecular weight is 460 g/mol. The van der Waals surface area contributed by atoms with E-state index in [1.54, 1.807) is 12.1 Å². The number of methoxy groups -OCH3 is 1. The molecule has 0 saturated carbocycles. The van der Waals surface area contributed by atoms with Crippen LogP contribution in [0.5, 0.6) is 11.5 Å². The van der Waals surface area contributed by atoms with Crippen LogP contribution in [0.4, 0.5) is 0 Å². The number of esters is 1. The number of phenolic OH excluding ortho intramolecular Hbond substituents is 2. The van der Waals surface area contributed by atoms with Crippen molar-refractivity contribution in [2.45, 2.75) is 12.3 Å². The zero-order valence-electron chi connectivity index (χ0n) is 18.0. The van der Waals surface area contributed by atoms with Crippen LogP contribution < -0.4 is 5.43 Å². The number of fused-ring (bicyclic) bond motifs is 1. The number of aromatic hydroxyl groups is 2. The fourth-order valence-electron chi connectivity index (χ4n) is 3.88. The third-order valence-electron chi connectivity index (χ3n) is 5.64. The van der Waals surface area contributed by atoms with Crippen LogP contribution in [0, 0.1) is 0 Å². The number of carbonyl (C=O) groups is 2. The van der Waals surface area contributed by atoms with Crippen LogP contribution in [0.3, 0.4) is 0 Å². The van der Waals surface area contributed by atoms with Gasteiger partial charge in [-0.1, -0.05) is 24.3 Å². The van der Waals surface area contributed by atoms with Crippen molar-refractivity contribution in [1.29, 1.82) is 0 Å². The summed E-state index contributed by atoms with van der Waals surface area (Å²) in [5.74, 6) is -2.57. The van der Waals surface area contributed by atoms with Gasteiger partial charge in [0.15, 0.2) is 0 Å². The van der Waals surface area contributed by atoms with Gasteiger partial charge in [-0.15, -0.1) is 0 Å². The summed E-state index contributed by atoms with van der Waals surface area (Å²) >= 11 is 0. The van der Waals surface area contributed by atoms with Crippen LogP contribution >= 0.6 is 0 Å². The van der Waals surface area contributed by atoms with E-state index >= 15 is 0 Å². The van der Waals surface area contributed by atoms with Crippen LogP contribution in [0.25, 0.3) is 22.1 Å². The van der Waals surface area contributed by atoms with E-state index in [1.165, 1.54) is 61.9 Å². The van der Waals surface area contributed by atoms with Gasteiger partial charge < -0.3 is 24.5 Å². The molecule has 172 valence electrons. The zero-order valence-corrected chi connectivity index (χ0v) is 18.0. The van der Waals surface area contributed by atoms with Crippen LogP contribution in [-0.4, -0.2) is 34.4 Å². The molecule has 0 spiro atoms. The Morgan fingerprint density at radius 2 is 1.65 bits per heavy atom. The van der Waals surface area contributed by atoms with Gasteiger partial charge in [0.05, 0.1) is 30.0 Å². The molecular formula is C26H20O8. The number of carbonyl (C=O) groups excluding carboxylic acids is 1. The van der Waals surface area contributed by atoms with Crippen LogP contribution in [0.15, 0.2) is 76.1 Å². The highest BCUT2D eigenvalue weighted by atomic mass is 16.5. The minimum atomic E-state index is -1.10. The van der Waals surface area contributed by atoms with Gasteiger partial charge in [-0.2, -0.15) is 0 Å². The Kier molecular flexibility index (Phi) is 6.05. The molecule has 3 aromatic carbocycles. The summed E-state index contributed by atoms with van der Waals surface area (Å²) in [6.45, 7) is 0. The maximum absolute atomic E-state index is 13.3. The molecule has 0 saturated heterocycles. The van der Waals surface area contributed by atoms with Crippen LogP contribution in [-0.2, 0) is 9.53 Å². The first kappa shape index (κ1) is 22.6. The van der Waals surface area contributed by atoms with Gasteiger partial charge in [-0.05, 0) is 47.5 Å². The van der Waals surface area contributed by atoms with Crippen molar-refractivity contribution in [3.05, 3.63) is 93.8 Å². The lowest BCUT2D eigenvalue weighted by molar-refractivity contribution is -0.140. The summed E-state index contributed by atoms with van der Waals surface area (Å²) in [7, 11) is 1.24. The fraction of sp³-hybridized carbons (Fsp3) is 0.115. The highest BCUT2D eigenvalue weighted by Gasteiger charge is 2.27. The lowest BCUT2D eigenvalue weighted by atomic mass is 9.86. The molecule has 1 heterocycles. The number of carboxylic acids is 1. The molecule has 0 radical (unpaired) electrons. The molecule has 0 aliphatic carbocycles. The third kappa shape index (κ3) is 4.21. The van der Waals surface area contributed by atoms with E-state index in [4.69, 9.17) is 9.15 Å². The van der Waals surface area contributed by atoms with Crippen molar-refractivity contribution in [1.82, 2.24) is 0 Å². The van der Waals surface area contributed by atoms with Crippen LogP contribution in [0.1, 0.15) is 33.8 Å². The van der Waals surface area contributed by atoms with Gasteiger partial charge in [0.2, 0.25) is 5.43 Å². The molecule has 0 fully saturated rings. The van der Waals surface area contributed by atoms with E-state index in [0.29, 0.717) is 11.1 Å². The minimum Gasteiger partial charge on any atom is -0.508 e. The lowest BCUT2D eigenvalue weighted by Crippen LogP contribution is -2.13. The predicted molar refractivity (Wildman–Crippen MR) is 123 cm³/mol. The zero-order chi connectivity index (χ0) is 24.4. The van der Waals surface area contributed by atoms with E-state index in [9.17, 15) is 29.7 Å². The number of aromatic carboxylic acids is 1. The highest BCUT2D eigenvalue weighted by Crippen LogP contribution is 2.39. The van der Waals surface area contributed by atoms with Crippen molar-refractivity contribution in [3.63, 3.8) is 0 Å². The molecule has 0 unspecified atom stereocenters. The van der Waals surface area contributed by atoms with Gasteiger partial charge in [0.25, 0.3) is 0 Å². The van der Waals surface area contributed by atoms with Crippen molar-refractivity contribution in [2.75, 3.05) is 7.11 Å². The summed E-state index contributed by atoms with van der Waals surface area (Å²) in [4.78, 5) is 36.7. The molecule has 1 atom stereocenters. The molecule has 34 heavy (non-hydrogen) atoms. The second kappa shape index (κ2) is 9.11. The Bertz CT molecular complexity index is 1430. The summed E-state index contributed by atoms with van der Waals surface area (Å²) in [6.07, 6.45) is 1.09. The number of rotatable bonds is 6. The standard InChI is InChI=1S/C26H20O8/c1-33-22(29)12-19(14-2-4-16(5-3-14)26(31)32)23-21(28)11-10-18-24(30)20(13-34-25(18)23)15-6-8-17(27)9-7-15/h2-11,13,19,27-28H,12H2,1H3,(H,31,32)/t19-/m0/s1. The SMILES string of the molecule is COC(=O)C[C@@H](c1ccc(C(=O)O)cc1)c1c(O)ccc2c(=O)c(-c3ccc(O)cc3)coc12. The monoisotopic (exact) mass is 460 g/mol. The van der Waals surface area contributed by atoms with Gasteiger partial charge in [-0.25, -0.2) is 4.79 Å². The molecule has 4 rings (SSSR count). The summed E-state index contributed by atoms with van der Waals surface area (Å²) in [5.41, 5.74) is 1.35. The first-order chi connectivity index (χ1) is 16.3. The van der Waals surface area contributed by atoms with Crippen molar-refractivity contribution in [2.24, 2.45) is 0 Å². The van der Waals surface area contributed by atoms with E-state index in [2.05, 4.69) is 0 Å². The first-order valence-corrected chi connectivity index (χ1v) is 10.3. The van der Waals surface area contributed by atoms with Crippen molar-refractivity contribution < 1.29 is 34.1 Å². The topological polar surface area (TPSA) is 134 Å². The fourth-order valence-corrected chi connectivity index (χ4v) is 3.88. The van der Waals surface area contributed by atoms with E-state index in [-0.39, 0.29) is 51.0 Å². The van der Waals surface area contributed by atoms with E-state index < -0.39 is 17.9 Å². The molecule has 0 aliphatic heterocycles. The summed E-state index contributed by atoms with van der Waals surface area (Å²) < 4.78 is 10.7. The molecule has 3 N–H and O–H groups in total. The normalized spacial score (nSPS) is 11.8. The van der Waals surface area contributed by atoms with Crippen LogP contribution in [0.2, 0.25) is 0 Å². The maximum atomic E-state index is 13.3. The van der Waals surface area contributed by atoms with Gasteiger partial charge >= 0.3 is 11.9 Å². The van der Waals surface area contributed by atoms with Crippen molar-refractivity contribution in [3.8, 4) is 22.6 Å². The molecule has 0 bridgehead atoms. The van der Waals surface area contributed by atoms with Gasteiger partial charge in [-0.3, -0.25) is 9.59 Å². The predicted octanol–water partition coefficient (Wildman–Crippen LogP) is 4.26. The highest BCUT2D eigenvalue weighted by molar-refractivity contribution is 5.89. The largest absolute Gasteiger partial charge is 0.508 e. The molecule has 0 amide bonds. The number of hydrogen-bond donors (Lipinski definition) is 3. The van der Waals surface area contributed by atoms with E-state index in [1.807, 2.05) is 0 Å². The Balaban J connectivity index is 1.91. The second-order valence-corrected chi connectivity index (χ2v) is 7.66. The summed E-state index contributed by atoms with van der Waals surface area (Å²) in [6, 6.07) is 14.7. The minimum absolute atomic E-state index is 0.0562. The molecule has 4 aromatic rings. The number of carboxylic acid groups (broad SMARTS) is 1. The summed E-state index contributed by atoms with van der Waals surface area (Å²) in [5, 5.41) is 29.6. The average Bonchev–Trinajstić information content (AvgIpc) is 2.83. The second-order valence-electron chi connectivity index (χ2n) is 7.66. The van der Waals surface area contributed by atoms with Crippen molar-refractivity contribution >= 4 is 22.9 Å². The first-order valence-electron chi connectivity index (χ1n) is 10.3. The molecule has 8 nitrogen and oxygen atoms in total.